The molecule has 0 spiro atoms. The molecule has 19 heavy (non-hydrogen) atoms. The molecule has 0 radical (unpaired) electrons. The SMILES string of the molecule is CC(C)(C)[Si](C)(C)OC[C@H]1OCC=C[C@@H]1OC(N)=O. The van der Waals surface area contributed by atoms with Gasteiger partial charge in [0, 0.05) is 0 Å². The normalized spacial score (nSPS) is 24.3. The Kier molecular flexibility index (Phi) is 5.17. The first-order valence-electron chi connectivity index (χ1n) is 6.52. The molecule has 1 amide bonds. The van der Waals surface area contributed by atoms with Crippen molar-refractivity contribution in [3.63, 3.8) is 0 Å². The van der Waals surface area contributed by atoms with Crippen molar-refractivity contribution >= 4 is 14.4 Å². The van der Waals surface area contributed by atoms with Gasteiger partial charge >= 0.3 is 6.09 Å². The second-order valence-electron chi connectivity index (χ2n) is 6.27. The lowest BCUT2D eigenvalue weighted by Gasteiger charge is -2.38. The van der Waals surface area contributed by atoms with E-state index < -0.39 is 20.5 Å². The van der Waals surface area contributed by atoms with Gasteiger partial charge in [-0.1, -0.05) is 26.8 Å². The summed E-state index contributed by atoms with van der Waals surface area (Å²) in [7, 11) is -1.83. The van der Waals surface area contributed by atoms with Crippen molar-refractivity contribution in [1.82, 2.24) is 0 Å². The number of primary amides is 1. The topological polar surface area (TPSA) is 70.8 Å². The summed E-state index contributed by atoms with van der Waals surface area (Å²) in [5.74, 6) is 0. The molecule has 0 aromatic heterocycles. The molecule has 0 saturated carbocycles. The lowest BCUT2D eigenvalue weighted by atomic mass is 10.1. The number of amides is 1. The third-order valence-electron chi connectivity index (χ3n) is 3.77. The standard InChI is InChI=1S/C13H25NO4Si/c1-13(2,3)19(4,5)17-9-11-10(18-12(14)15)7-6-8-16-11/h6-7,10-11H,8-9H2,1-5H3,(H2,14,15)/t10-,11+/m0/s1. The van der Waals surface area contributed by atoms with Crippen molar-refractivity contribution in [2.45, 2.75) is 51.1 Å². The van der Waals surface area contributed by atoms with Crippen molar-refractivity contribution in [1.29, 1.82) is 0 Å². The van der Waals surface area contributed by atoms with E-state index in [0.717, 1.165) is 0 Å². The molecular formula is C13H25NO4Si. The lowest BCUT2D eigenvalue weighted by molar-refractivity contribution is -0.0451. The zero-order chi connectivity index (χ0) is 14.7. The van der Waals surface area contributed by atoms with Crippen LogP contribution in [-0.4, -0.2) is 39.8 Å². The highest BCUT2D eigenvalue weighted by atomic mass is 28.4. The minimum absolute atomic E-state index is 0.136. The Morgan fingerprint density at radius 2 is 2.11 bits per heavy atom. The fourth-order valence-corrected chi connectivity index (χ4v) is 2.50. The average Bonchev–Trinajstić information content (AvgIpc) is 2.25. The number of rotatable bonds is 4. The molecule has 110 valence electrons. The number of hydrogen-bond donors (Lipinski definition) is 1. The monoisotopic (exact) mass is 287 g/mol. The van der Waals surface area contributed by atoms with Gasteiger partial charge in [0.25, 0.3) is 0 Å². The molecular weight excluding hydrogens is 262 g/mol. The molecule has 6 heteroatoms. The molecule has 1 rings (SSSR count). The molecule has 1 aliphatic rings. The van der Waals surface area contributed by atoms with E-state index in [4.69, 9.17) is 19.6 Å². The minimum Gasteiger partial charge on any atom is -0.439 e. The van der Waals surface area contributed by atoms with Gasteiger partial charge in [-0.25, -0.2) is 4.79 Å². The largest absolute Gasteiger partial charge is 0.439 e. The van der Waals surface area contributed by atoms with Crippen LogP contribution < -0.4 is 5.73 Å². The summed E-state index contributed by atoms with van der Waals surface area (Å²) in [6.07, 6.45) is 2.07. The van der Waals surface area contributed by atoms with E-state index in [1.54, 1.807) is 6.08 Å². The molecule has 0 aromatic rings. The molecule has 0 fully saturated rings. The van der Waals surface area contributed by atoms with E-state index in [1.165, 1.54) is 0 Å². The summed E-state index contributed by atoms with van der Waals surface area (Å²) in [4.78, 5) is 10.9. The van der Waals surface area contributed by atoms with Crippen LogP contribution in [0, 0.1) is 0 Å². The van der Waals surface area contributed by atoms with Crippen molar-refractivity contribution < 1.29 is 18.7 Å². The van der Waals surface area contributed by atoms with E-state index in [2.05, 4.69) is 33.9 Å². The van der Waals surface area contributed by atoms with E-state index >= 15 is 0 Å². The Labute approximate surface area is 116 Å². The minimum atomic E-state index is -1.83. The second kappa shape index (κ2) is 6.07. The first-order chi connectivity index (χ1) is 8.63. The smallest absolute Gasteiger partial charge is 0.405 e. The summed E-state index contributed by atoms with van der Waals surface area (Å²) in [5.41, 5.74) is 5.05. The summed E-state index contributed by atoms with van der Waals surface area (Å²) in [5, 5.41) is 0.136. The van der Waals surface area contributed by atoms with Crippen LogP contribution in [0.5, 0.6) is 0 Å². The number of nitrogens with two attached hydrogens (primary N) is 1. The molecule has 1 aliphatic heterocycles. The van der Waals surface area contributed by atoms with Crippen LogP contribution in [0.2, 0.25) is 18.1 Å². The number of carbonyl (C=O) groups is 1. The van der Waals surface area contributed by atoms with Gasteiger partial charge in [-0.3, -0.25) is 0 Å². The van der Waals surface area contributed by atoms with E-state index in [9.17, 15) is 4.79 Å². The van der Waals surface area contributed by atoms with Gasteiger partial charge in [-0.15, -0.1) is 0 Å². The van der Waals surface area contributed by atoms with Crippen LogP contribution in [0.25, 0.3) is 0 Å². The zero-order valence-electron chi connectivity index (χ0n) is 12.4. The van der Waals surface area contributed by atoms with Crippen molar-refractivity contribution in [2.75, 3.05) is 13.2 Å². The van der Waals surface area contributed by atoms with E-state index in [0.29, 0.717) is 13.2 Å². The molecule has 2 atom stereocenters. The van der Waals surface area contributed by atoms with Gasteiger partial charge < -0.3 is 19.6 Å². The van der Waals surface area contributed by atoms with E-state index in [1.807, 2.05) is 6.08 Å². The van der Waals surface area contributed by atoms with Gasteiger partial charge in [0.15, 0.2) is 14.4 Å². The Morgan fingerprint density at radius 3 is 2.63 bits per heavy atom. The average molecular weight is 287 g/mol. The van der Waals surface area contributed by atoms with E-state index in [-0.39, 0.29) is 11.1 Å². The second-order valence-corrected chi connectivity index (χ2v) is 11.1. The van der Waals surface area contributed by atoms with Gasteiger partial charge in [0.05, 0.1) is 13.2 Å². The van der Waals surface area contributed by atoms with Gasteiger partial charge in [-0.05, 0) is 24.2 Å². The number of hydrogen-bond acceptors (Lipinski definition) is 4. The van der Waals surface area contributed by atoms with Crippen molar-refractivity contribution in [3.05, 3.63) is 12.2 Å². The molecule has 0 aromatic carbocycles. The summed E-state index contributed by atoms with van der Waals surface area (Å²) in [6.45, 7) is 11.8. The van der Waals surface area contributed by atoms with Crippen LogP contribution in [0.1, 0.15) is 20.8 Å². The Balaban J connectivity index is 2.60. The third kappa shape index (κ3) is 4.63. The number of carbonyl (C=O) groups excluding carboxylic acids is 1. The van der Waals surface area contributed by atoms with Gasteiger partial charge in [0.1, 0.15) is 6.10 Å². The Bertz CT molecular complexity index is 349. The maximum atomic E-state index is 10.9. The van der Waals surface area contributed by atoms with Crippen LogP contribution in [0.15, 0.2) is 12.2 Å². The first-order valence-corrected chi connectivity index (χ1v) is 9.42. The van der Waals surface area contributed by atoms with Crippen molar-refractivity contribution in [3.8, 4) is 0 Å². The van der Waals surface area contributed by atoms with Gasteiger partial charge in [0.2, 0.25) is 0 Å². The van der Waals surface area contributed by atoms with Crippen LogP contribution in [-0.2, 0) is 13.9 Å². The third-order valence-corrected chi connectivity index (χ3v) is 8.27. The summed E-state index contributed by atoms with van der Waals surface area (Å²) < 4.78 is 16.7. The molecule has 1 heterocycles. The lowest BCUT2D eigenvalue weighted by Crippen LogP contribution is -2.46. The Morgan fingerprint density at radius 1 is 1.47 bits per heavy atom. The summed E-state index contributed by atoms with van der Waals surface area (Å²) >= 11 is 0. The molecule has 0 unspecified atom stereocenters. The maximum absolute atomic E-state index is 10.9. The predicted molar refractivity (Wildman–Crippen MR) is 76.5 cm³/mol. The molecule has 0 bridgehead atoms. The quantitative estimate of drug-likeness (QED) is 0.637. The fraction of sp³-hybridized carbons (Fsp3) is 0.769. The Hall–Kier alpha value is -0.853. The zero-order valence-corrected chi connectivity index (χ0v) is 13.4. The molecule has 5 nitrogen and oxygen atoms in total. The number of ether oxygens (including phenoxy) is 2. The maximum Gasteiger partial charge on any atom is 0.405 e. The van der Waals surface area contributed by atoms with Crippen molar-refractivity contribution in [2.24, 2.45) is 5.73 Å². The predicted octanol–water partition coefficient (Wildman–Crippen LogP) is 2.43. The van der Waals surface area contributed by atoms with Crippen LogP contribution in [0.4, 0.5) is 4.79 Å². The first kappa shape index (κ1) is 16.2. The van der Waals surface area contributed by atoms with Crippen LogP contribution >= 0.6 is 0 Å². The molecule has 2 N–H and O–H groups in total. The highest BCUT2D eigenvalue weighted by Crippen LogP contribution is 2.36. The highest BCUT2D eigenvalue weighted by Gasteiger charge is 2.38. The summed E-state index contributed by atoms with van der Waals surface area (Å²) in [6, 6.07) is 0. The molecule has 0 saturated heterocycles. The van der Waals surface area contributed by atoms with Crippen LogP contribution in [0.3, 0.4) is 0 Å². The highest BCUT2D eigenvalue weighted by molar-refractivity contribution is 6.74. The fourth-order valence-electron chi connectivity index (χ4n) is 1.49. The van der Waals surface area contributed by atoms with Gasteiger partial charge in [-0.2, -0.15) is 0 Å². The molecule has 0 aliphatic carbocycles.